The molecule has 0 aliphatic rings. The topological polar surface area (TPSA) is 64.0 Å². The van der Waals surface area contributed by atoms with Gasteiger partial charge in [0.2, 0.25) is 10.0 Å². The maximum Gasteiger partial charge on any atom is 0.240 e. The van der Waals surface area contributed by atoms with Crippen LogP contribution in [-0.4, -0.2) is 24.7 Å². The molecule has 7 heteroatoms. The molecule has 0 unspecified atom stereocenters. The molecule has 0 aliphatic heterocycles. The van der Waals surface area contributed by atoms with Crippen molar-refractivity contribution in [2.75, 3.05) is 6.54 Å². The van der Waals surface area contributed by atoms with Crippen molar-refractivity contribution < 1.29 is 8.42 Å². The predicted molar refractivity (Wildman–Crippen MR) is 91.9 cm³/mol. The molecule has 0 fully saturated rings. The zero-order valence-electron chi connectivity index (χ0n) is 12.6. The third-order valence-corrected chi connectivity index (χ3v) is 5.79. The molecule has 23 heavy (non-hydrogen) atoms. The smallest absolute Gasteiger partial charge is 0.240 e. The SMILES string of the molecule is Cc1cc(-c2cccs2)nn1CCNS(=O)(=O)c1ccccc1. The van der Waals surface area contributed by atoms with Gasteiger partial charge in [-0.15, -0.1) is 11.3 Å². The van der Waals surface area contributed by atoms with E-state index >= 15 is 0 Å². The van der Waals surface area contributed by atoms with Gasteiger partial charge in [-0.1, -0.05) is 24.3 Å². The monoisotopic (exact) mass is 347 g/mol. The zero-order chi connectivity index (χ0) is 16.3. The van der Waals surface area contributed by atoms with Crippen LogP contribution in [0.25, 0.3) is 10.6 Å². The van der Waals surface area contributed by atoms with Gasteiger partial charge in [0.25, 0.3) is 0 Å². The van der Waals surface area contributed by atoms with Crippen molar-refractivity contribution in [1.82, 2.24) is 14.5 Å². The number of sulfonamides is 1. The Morgan fingerprint density at radius 3 is 2.65 bits per heavy atom. The normalized spacial score (nSPS) is 11.7. The second-order valence-electron chi connectivity index (χ2n) is 5.08. The summed E-state index contributed by atoms with van der Waals surface area (Å²) in [6, 6.07) is 14.4. The van der Waals surface area contributed by atoms with E-state index in [0.29, 0.717) is 13.1 Å². The molecule has 5 nitrogen and oxygen atoms in total. The Balaban J connectivity index is 1.65. The summed E-state index contributed by atoms with van der Waals surface area (Å²) in [5, 5.41) is 6.55. The molecule has 0 amide bonds. The number of thiophene rings is 1. The molecule has 0 radical (unpaired) electrons. The van der Waals surface area contributed by atoms with Gasteiger partial charge in [-0.05, 0) is 36.6 Å². The molecule has 0 aliphatic carbocycles. The van der Waals surface area contributed by atoms with E-state index < -0.39 is 10.0 Å². The van der Waals surface area contributed by atoms with Gasteiger partial charge in [-0.2, -0.15) is 5.10 Å². The maximum atomic E-state index is 12.2. The lowest BCUT2D eigenvalue weighted by Crippen LogP contribution is -2.27. The van der Waals surface area contributed by atoms with E-state index in [9.17, 15) is 8.42 Å². The number of hydrogen-bond acceptors (Lipinski definition) is 4. The van der Waals surface area contributed by atoms with E-state index in [0.717, 1.165) is 16.3 Å². The number of hydrogen-bond donors (Lipinski definition) is 1. The van der Waals surface area contributed by atoms with Crippen molar-refractivity contribution in [2.24, 2.45) is 0 Å². The van der Waals surface area contributed by atoms with Crippen LogP contribution >= 0.6 is 11.3 Å². The van der Waals surface area contributed by atoms with E-state index in [1.807, 2.05) is 35.2 Å². The highest BCUT2D eigenvalue weighted by molar-refractivity contribution is 7.89. The Kier molecular flexibility index (Phi) is 4.61. The van der Waals surface area contributed by atoms with Gasteiger partial charge in [-0.3, -0.25) is 4.68 Å². The highest BCUT2D eigenvalue weighted by Crippen LogP contribution is 2.23. The fourth-order valence-corrected chi connectivity index (χ4v) is 3.97. The third kappa shape index (κ3) is 3.69. The van der Waals surface area contributed by atoms with Crippen LogP contribution in [0.1, 0.15) is 5.69 Å². The lowest BCUT2D eigenvalue weighted by atomic mass is 10.3. The van der Waals surface area contributed by atoms with Gasteiger partial charge in [0, 0.05) is 12.2 Å². The van der Waals surface area contributed by atoms with Crippen LogP contribution in [0.5, 0.6) is 0 Å². The van der Waals surface area contributed by atoms with Crippen LogP contribution in [-0.2, 0) is 16.6 Å². The van der Waals surface area contributed by atoms with E-state index in [2.05, 4.69) is 9.82 Å². The van der Waals surface area contributed by atoms with Crippen molar-refractivity contribution in [3.05, 3.63) is 59.6 Å². The summed E-state index contributed by atoms with van der Waals surface area (Å²) in [6.07, 6.45) is 0. The number of benzene rings is 1. The van der Waals surface area contributed by atoms with E-state index in [4.69, 9.17) is 0 Å². The summed E-state index contributed by atoms with van der Waals surface area (Å²) in [4.78, 5) is 1.38. The van der Waals surface area contributed by atoms with Crippen molar-refractivity contribution in [3.63, 3.8) is 0 Å². The average Bonchev–Trinajstić information content (AvgIpc) is 3.18. The van der Waals surface area contributed by atoms with Gasteiger partial charge in [0.1, 0.15) is 5.69 Å². The van der Waals surface area contributed by atoms with E-state index in [1.54, 1.807) is 41.7 Å². The van der Waals surface area contributed by atoms with Gasteiger partial charge in [0.05, 0.1) is 16.3 Å². The molecule has 2 aromatic heterocycles. The Labute approximate surface area is 139 Å². The average molecular weight is 347 g/mol. The number of aromatic nitrogens is 2. The molecular formula is C16H17N3O2S2. The van der Waals surface area contributed by atoms with E-state index in [1.165, 1.54) is 0 Å². The van der Waals surface area contributed by atoms with E-state index in [-0.39, 0.29) is 4.90 Å². The molecule has 0 spiro atoms. The van der Waals surface area contributed by atoms with Crippen LogP contribution in [0.2, 0.25) is 0 Å². The maximum absolute atomic E-state index is 12.2. The van der Waals surface area contributed by atoms with Crippen molar-refractivity contribution >= 4 is 21.4 Å². The molecule has 0 bridgehead atoms. The zero-order valence-corrected chi connectivity index (χ0v) is 14.3. The first-order valence-electron chi connectivity index (χ1n) is 7.19. The minimum atomic E-state index is -3.47. The summed E-state index contributed by atoms with van der Waals surface area (Å²) in [7, 11) is -3.47. The van der Waals surface area contributed by atoms with Crippen LogP contribution < -0.4 is 4.72 Å². The van der Waals surface area contributed by atoms with Crippen LogP contribution in [0, 0.1) is 6.92 Å². The number of rotatable bonds is 6. The highest BCUT2D eigenvalue weighted by atomic mass is 32.2. The standard InChI is InChI=1S/C16H17N3O2S2/c1-13-12-15(16-8-5-11-22-16)18-19(13)10-9-17-23(20,21)14-6-3-2-4-7-14/h2-8,11-12,17H,9-10H2,1H3. The summed E-state index contributed by atoms with van der Waals surface area (Å²) in [6.45, 7) is 2.75. The first-order valence-corrected chi connectivity index (χ1v) is 9.55. The largest absolute Gasteiger partial charge is 0.268 e. The molecule has 1 aromatic carbocycles. The third-order valence-electron chi connectivity index (χ3n) is 3.42. The van der Waals surface area contributed by atoms with Crippen LogP contribution in [0.3, 0.4) is 0 Å². The van der Waals surface area contributed by atoms with Crippen molar-refractivity contribution in [3.8, 4) is 10.6 Å². The minimum Gasteiger partial charge on any atom is -0.268 e. The molecule has 0 atom stereocenters. The number of nitrogens with zero attached hydrogens (tertiary/aromatic N) is 2. The summed E-state index contributed by atoms with van der Waals surface area (Å²) < 4.78 is 28.8. The number of nitrogens with one attached hydrogen (secondary N) is 1. The minimum absolute atomic E-state index is 0.275. The summed E-state index contributed by atoms with van der Waals surface area (Å²) >= 11 is 1.64. The van der Waals surface area contributed by atoms with Gasteiger partial charge in [-0.25, -0.2) is 13.1 Å². The fourth-order valence-electron chi connectivity index (χ4n) is 2.25. The van der Waals surface area contributed by atoms with Crippen LogP contribution in [0.4, 0.5) is 0 Å². The first-order chi connectivity index (χ1) is 11.1. The Morgan fingerprint density at radius 1 is 1.17 bits per heavy atom. The quantitative estimate of drug-likeness (QED) is 0.746. The Bertz CT molecular complexity index is 869. The summed E-state index contributed by atoms with van der Waals surface area (Å²) in [5.74, 6) is 0. The van der Waals surface area contributed by atoms with Crippen LogP contribution in [0.15, 0.2) is 58.8 Å². The second kappa shape index (κ2) is 6.66. The van der Waals surface area contributed by atoms with Gasteiger partial charge in [0.15, 0.2) is 0 Å². The molecule has 3 rings (SSSR count). The lowest BCUT2D eigenvalue weighted by molar-refractivity contribution is 0.556. The molecule has 0 saturated carbocycles. The molecule has 1 N–H and O–H groups in total. The van der Waals surface area contributed by atoms with Gasteiger partial charge < -0.3 is 0 Å². The molecule has 2 heterocycles. The first kappa shape index (κ1) is 15.9. The summed E-state index contributed by atoms with van der Waals surface area (Å²) in [5.41, 5.74) is 1.93. The van der Waals surface area contributed by atoms with Gasteiger partial charge >= 0.3 is 0 Å². The molecular weight excluding hydrogens is 330 g/mol. The molecule has 0 saturated heterocycles. The lowest BCUT2D eigenvalue weighted by Gasteiger charge is -2.07. The highest BCUT2D eigenvalue weighted by Gasteiger charge is 2.13. The van der Waals surface area contributed by atoms with Crippen molar-refractivity contribution in [1.29, 1.82) is 0 Å². The Morgan fingerprint density at radius 2 is 1.96 bits per heavy atom. The Hall–Kier alpha value is -1.96. The molecule has 120 valence electrons. The second-order valence-corrected chi connectivity index (χ2v) is 7.80. The number of aryl methyl sites for hydroxylation is 1. The fraction of sp³-hybridized carbons (Fsp3) is 0.188. The molecule has 3 aromatic rings. The van der Waals surface area contributed by atoms with Crippen molar-refractivity contribution in [2.45, 2.75) is 18.4 Å². The predicted octanol–water partition coefficient (Wildman–Crippen LogP) is 2.90.